The number of amides is 2. The van der Waals surface area contributed by atoms with Crippen molar-refractivity contribution < 1.29 is 9.53 Å². The number of hydrogen-bond acceptors (Lipinski definition) is 3. The molecule has 0 bridgehead atoms. The molecule has 2 heterocycles. The zero-order valence-corrected chi connectivity index (χ0v) is 13.2. The Kier molecular flexibility index (Phi) is 4.88. The lowest BCUT2D eigenvalue weighted by Crippen LogP contribution is -2.34. The number of ether oxygens (including phenoxy) is 1. The lowest BCUT2D eigenvalue weighted by molar-refractivity contribution is 0.0911. The van der Waals surface area contributed by atoms with Crippen LogP contribution in [0.5, 0.6) is 0 Å². The molecule has 0 aliphatic carbocycles. The van der Waals surface area contributed by atoms with Crippen molar-refractivity contribution in [1.29, 1.82) is 0 Å². The Bertz CT molecular complexity index is 660. The number of hydrogen-bond donors (Lipinski definition) is 2. The summed E-state index contributed by atoms with van der Waals surface area (Å²) in [4.78, 5) is 16.3. The summed E-state index contributed by atoms with van der Waals surface area (Å²) in [6, 6.07) is 15.5. The van der Waals surface area contributed by atoms with Crippen LogP contribution in [0.2, 0.25) is 0 Å². The highest BCUT2D eigenvalue weighted by molar-refractivity contribution is 5.88. The van der Waals surface area contributed by atoms with E-state index in [4.69, 9.17) is 4.74 Å². The molecule has 0 saturated carbocycles. The lowest BCUT2D eigenvalue weighted by Gasteiger charge is -2.19. The van der Waals surface area contributed by atoms with Crippen molar-refractivity contribution >= 4 is 11.8 Å². The van der Waals surface area contributed by atoms with Crippen LogP contribution in [-0.2, 0) is 4.74 Å². The Labute approximate surface area is 136 Å². The van der Waals surface area contributed by atoms with Crippen molar-refractivity contribution in [2.75, 3.05) is 18.5 Å². The summed E-state index contributed by atoms with van der Waals surface area (Å²) in [5, 5.41) is 5.68. The summed E-state index contributed by atoms with van der Waals surface area (Å²) < 4.78 is 5.83. The molecule has 0 spiro atoms. The molecule has 5 nitrogen and oxygen atoms in total. The number of aromatic nitrogens is 1. The van der Waals surface area contributed by atoms with Gasteiger partial charge in [-0.2, -0.15) is 0 Å². The molecule has 120 valence electrons. The van der Waals surface area contributed by atoms with Crippen molar-refractivity contribution in [3.8, 4) is 0 Å². The summed E-state index contributed by atoms with van der Waals surface area (Å²) >= 11 is 0. The molecule has 2 atom stereocenters. The molecule has 2 N–H and O–H groups in total. The van der Waals surface area contributed by atoms with Crippen LogP contribution in [0.4, 0.5) is 10.6 Å². The van der Waals surface area contributed by atoms with Gasteiger partial charge in [-0.3, -0.25) is 5.32 Å². The fraction of sp³-hybridized carbons (Fsp3) is 0.333. The Balaban J connectivity index is 1.54. The summed E-state index contributed by atoms with van der Waals surface area (Å²) in [5.41, 5.74) is 2.04. The molecule has 2 amide bonds. The summed E-state index contributed by atoms with van der Waals surface area (Å²) in [6.45, 7) is 3.20. The van der Waals surface area contributed by atoms with Crippen LogP contribution in [0.15, 0.2) is 48.5 Å². The van der Waals surface area contributed by atoms with Crippen LogP contribution < -0.4 is 10.6 Å². The molecule has 2 aromatic rings. The van der Waals surface area contributed by atoms with Gasteiger partial charge in [-0.25, -0.2) is 9.78 Å². The number of aryl methyl sites for hydroxylation is 1. The first kappa shape index (κ1) is 15.5. The van der Waals surface area contributed by atoms with Crippen molar-refractivity contribution in [3.63, 3.8) is 0 Å². The number of anilines is 1. The lowest BCUT2D eigenvalue weighted by atomic mass is 9.95. The number of urea groups is 1. The SMILES string of the molecule is Cc1cccc(NC(=O)NC[C@H]2CCO[C@@H]2c2ccccc2)n1. The maximum Gasteiger partial charge on any atom is 0.320 e. The number of carbonyl (C=O) groups is 1. The number of rotatable bonds is 4. The van der Waals surface area contributed by atoms with Gasteiger partial charge in [0.05, 0.1) is 6.10 Å². The van der Waals surface area contributed by atoms with Gasteiger partial charge in [0.2, 0.25) is 0 Å². The molecule has 23 heavy (non-hydrogen) atoms. The van der Waals surface area contributed by atoms with Gasteiger partial charge < -0.3 is 10.1 Å². The van der Waals surface area contributed by atoms with Gasteiger partial charge >= 0.3 is 6.03 Å². The first-order chi connectivity index (χ1) is 11.2. The van der Waals surface area contributed by atoms with Crippen LogP contribution in [0.25, 0.3) is 0 Å². The average molecular weight is 311 g/mol. The molecule has 5 heteroatoms. The second kappa shape index (κ2) is 7.24. The van der Waals surface area contributed by atoms with E-state index in [0.29, 0.717) is 12.4 Å². The van der Waals surface area contributed by atoms with E-state index in [1.54, 1.807) is 6.07 Å². The third-order valence-corrected chi connectivity index (χ3v) is 4.00. The maximum absolute atomic E-state index is 12.0. The number of benzene rings is 1. The van der Waals surface area contributed by atoms with Crippen LogP contribution in [0.3, 0.4) is 0 Å². The van der Waals surface area contributed by atoms with E-state index in [0.717, 1.165) is 24.3 Å². The zero-order valence-electron chi connectivity index (χ0n) is 13.2. The van der Waals surface area contributed by atoms with Crippen molar-refractivity contribution in [3.05, 3.63) is 59.8 Å². The normalized spacial score (nSPS) is 20.2. The van der Waals surface area contributed by atoms with Gasteiger partial charge in [-0.05, 0) is 31.0 Å². The van der Waals surface area contributed by atoms with Crippen LogP contribution in [0, 0.1) is 12.8 Å². The van der Waals surface area contributed by atoms with Gasteiger partial charge in [-0.1, -0.05) is 36.4 Å². The largest absolute Gasteiger partial charge is 0.373 e. The summed E-state index contributed by atoms with van der Waals surface area (Å²) in [6.07, 6.45) is 0.997. The van der Waals surface area contributed by atoms with Gasteiger partial charge in [0, 0.05) is 24.8 Å². The van der Waals surface area contributed by atoms with Gasteiger partial charge in [0.1, 0.15) is 5.82 Å². The highest BCUT2D eigenvalue weighted by atomic mass is 16.5. The first-order valence-corrected chi connectivity index (χ1v) is 7.87. The molecule has 1 fully saturated rings. The Morgan fingerprint density at radius 1 is 1.22 bits per heavy atom. The highest BCUT2D eigenvalue weighted by Gasteiger charge is 2.29. The fourth-order valence-electron chi connectivity index (χ4n) is 2.85. The molecular formula is C18H21N3O2. The molecule has 1 aliphatic heterocycles. The predicted molar refractivity (Wildman–Crippen MR) is 89.2 cm³/mol. The molecule has 1 aromatic carbocycles. The average Bonchev–Trinajstić information content (AvgIpc) is 3.02. The van der Waals surface area contributed by atoms with E-state index in [-0.39, 0.29) is 18.1 Å². The highest BCUT2D eigenvalue weighted by Crippen LogP contribution is 2.33. The zero-order chi connectivity index (χ0) is 16.1. The Hall–Kier alpha value is -2.40. The topological polar surface area (TPSA) is 63.2 Å². The minimum absolute atomic E-state index is 0.0496. The van der Waals surface area contributed by atoms with Crippen LogP contribution in [-0.4, -0.2) is 24.2 Å². The van der Waals surface area contributed by atoms with E-state index in [9.17, 15) is 4.79 Å². The summed E-state index contributed by atoms with van der Waals surface area (Å²) in [5.74, 6) is 0.846. The monoisotopic (exact) mass is 311 g/mol. The minimum atomic E-state index is -0.234. The Morgan fingerprint density at radius 2 is 2.04 bits per heavy atom. The minimum Gasteiger partial charge on any atom is -0.373 e. The van der Waals surface area contributed by atoms with Gasteiger partial charge in [0.25, 0.3) is 0 Å². The molecule has 1 aliphatic rings. The van der Waals surface area contributed by atoms with E-state index in [1.807, 2.05) is 37.3 Å². The van der Waals surface area contributed by atoms with E-state index < -0.39 is 0 Å². The Morgan fingerprint density at radius 3 is 2.83 bits per heavy atom. The predicted octanol–water partition coefficient (Wildman–Crippen LogP) is 3.29. The van der Waals surface area contributed by atoms with E-state index >= 15 is 0 Å². The molecule has 1 saturated heterocycles. The maximum atomic E-state index is 12.0. The molecule has 1 aromatic heterocycles. The second-order valence-corrected chi connectivity index (χ2v) is 5.75. The smallest absolute Gasteiger partial charge is 0.320 e. The first-order valence-electron chi connectivity index (χ1n) is 7.87. The van der Waals surface area contributed by atoms with Crippen molar-refractivity contribution in [2.24, 2.45) is 5.92 Å². The number of nitrogens with one attached hydrogen (secondary N) is 2. The van der Waals surface area contributed by atoms with E-state index in [2.05, 4.69) is 27.8 Å². The standard InChI is InChI=1S/C18H21N3O2/c1-13-6-5-9-16(20-13)21-18(22)19-12-15-10-11-23-17(15)14-7-3-2-4-8-14/h2-9,15,17H,10-12H2,1H3,(H2,19,20,21,22)/t15-,17-/m1/s1. The quantitative estimate of drug-likeness (QED) is 0.910. The molecule has 0 unspecified atom stereocenters. The van der Waals surface area contributed by atoms with Gasteiger partial charge in [0.15, 0.2) is 0 Å². The van der Waals surface area contributed by atoms with Crippen LogP contribution >= 0.6 is 0 Å². The second-order valence-electron chi connectivity index (χ2n) is 5.75. The molecule has 3 rings (SSSR count). The van der Waals surface area contributed by atoms with Gasteiger partial charge in [-0.15, -0.1) is 0 Å². The number of carbonyl (C=O) groups excluding carboxylic acids is 1. The molecule has 0 radical (unpaired) electrons. The number of nitrogens with zero attached hydrogens (tertiary/aromatic N) is 1. The number of pyridine rings is 1. The van der Waals surface area contributed by atoms with Crippen LogP contribution in [0.1, 0.15) is 23.8 Å². The van der Waals surface area contributed by atoms with Crippen molar-refractivity contribution in [2.45, 2.75) is 19.4 Å². The molecular weight excluding hydrogens is 290 g/mol. The fourth-order valence-corrected chi connectivity index (χ4v) is 2.85. The third kappa shape index (κ3) is 4.07. The van der Waals surface area contributed by atoms with E-state index in [1.165, 1.54) is 0 Å². The third-order valence-electron chi connectivity index (χ3n) is 4.00. The summed E-state index contributed by atoms with van der Waals surface area (Å²) in [7, 11) is 0. The van der Waals surface area contributed by atoms with Crippen molar-refractivity contribution in [1.82, 2.24) is 10.3 Å².